The summed E-state index contributed by atoms with van der Waals surface area (Å²) in [6, 6.07) is 6.20. The van der Waals surface area contributed by atoms with Crippen molar-refractivity contribution in [1.82, 2.24) is 5.32 Å². The Labute approximate surface area is 132 Å². The van der Waals surface area contributed by atoms with E-state index in [1.807, 2.05) is 13.0 Å². The molecule has 0 aromatic heterocycles. The molecule has 1 aromatic rings. The van der Waals surface area contributed by atoms with E-state index >= 15 is 0 Å². The van der Waals surface area contributed by atoms with Crippen LogP contribution in [0, 0.1) is 5.92 Å². The molecular weight excluding hydrogens is 278 g/mol. The van der Waals surface area contributed by atoms with Crippen LogP contribution in [0.15, 0.2) is 18.2 Å². The highest BCUT2D eigenvalue weighted by atomic mass is 16.5. The molecule has 0 heterocycles. The second kappa shape index (κ2) is 8.18. The molecule has 2 unspecified atom stereocenters. The number of aliphatic hydroxyl groups excluding tert-OH is 1. The molecule has 22 heavy (non-hydrogen) atoms. The van der Waals surface area contributed by atoms with Crippen molar-refractivity contribution in [3.63, 3.8) is 0 Å². The summed E-state index contributed by atoms with van der Waals surface area (Å²) in [7, 11) is 1.68. The Bertz CT molecular complexity index is 501. The first-order chi connectivity index (χ1) is 10.6. The van der Waals surface area contributed by atoms with Crippen LogP contribution < -0.4 is 10.1 Å². The molecule has 2 rings (SSSR count). The number of carbonyl (C=O) groups is 1. The summed E-state index contributed by atoms with van der Waals surface area (Å²) >= 11 is 0. The molecular formula is C18H27NO3. The first kappa shape index (κ1) is 16.8. The number of methoxy groups -OCH3 is 1. The van der Waals surface area contributed by atoms with E-state index in [9.17, 15) is 4.79 Å². The van der Waals surface area contributed by atoms with Crippen LogP contribution in [0.2, 0.25) is 0 Å². The van der Waals surface area contributed by atoms with Crippen LogP contribution in [0.1, 0.15) is 49.7 Å². The van der Waals surface area contributed by atoms with E-state index in [1.54, 1.807) is 7.11 Å². The van der Waals surface area contributed by atoms with Crippen molar-refractivity contribution >= 4 is 5.91 Å². The molecule has 1 aliphatic carbocycles. The summed E-state index contributed by atoms with van der Waals surface area (Å²) in [6.07, 6.45) is 4.54. The number of hydrogen-bond donors (Lipinski definition) is 2. The number of aliphatic hydroxyl groups is 1. The van der Waals surface area contributed by atoms with Crippen LogP contribution in [0.25, 0.3) is 0 Å². The first-order valence-electron chi connectivity index (χ1n) is 8.18. The fourth-order valence-electron chi connectivity index (χ4n) is 3.14. The molecule has 0 spiro atoms. The second-order valence-electron chi connectivity index (χ2n) is 6.28. The lowest BCUT2D eigenvalue weighted by Crippen LogP contribution is -2.30. The molecule has 1 aromatic carbocycles. The summed E-state index contributed by atoms with van der Waals surface area (Å²) in [4.78, 5) is 12.2. The van der Waals surface area contributed by atoms with Crippen LogP contribution in [-0.4, -0.2) is 31.3 Å². The number of ether oxygens (including phenoxy) is 1. The van der Waals surface area contributed by atoms with Gasteiger partial charge < -0.3 is 15.2 Å². The number of hydrogen-bond acceptors (Lipinski definition) is 3. The van der Waals surface area contributed by atoms with Gasteiger partial charge in [-0.2, -0.15) is 0 Å². The van der Waals surface area contributed by atoms with Gasteiger partial charge in [0, 0.05) is 19.6 Å². The largest absolute Gasteiger partial charge is 0.497 e. The SMILES string of the molecule is COc1ccc2c(c1)CCCC2CC(=O)NCC(C)CCO. The molecule has 1 aliphatic rings. The summed E-state index contributed by atoms with van der Waals surface area (Å²) in [5.41, 5.74) is 2.61. The summed E-state index contributed by atoms with van der Waals surface area (Å²) < 4.78 is 5.28. The fourth-order valence-corrected chi connectivity index (χ4v) is 3.14. The van der Waals surface area contributed by atoms with E-state index in [4.69, 9.17) is 9.84 Å². The Morgan fingerprint density at radius 3 is 3.05 bits per heavy atom. The van der Waals surface area contributed by atoms with E-state index in [-0.39, 0.29) is 12.5 Å². The summed E-state index contributed by atoms with van der Waals surface area (Å²) in [6.45, 7) is 2.86. The quantitative estimate of drug-likeness (QED) is 0.814. The predicted molar refractivity (Wildman–Crippen MR) is 87.2 cm³/mol. The second-order valence-corrected chi connectivity index (χ2v) is 6.28. The topological polar surface area (TPSA) is 58.6 Å². The highest BCUT2D eigenvalue weighted by Gasteiger charge is 2.23. The average Bonchev–Trinajstić information content (AvgIpc) is 2.53. The zero-order valence-corrected chi connectivity index (χ0v) is 13.6. The maximum absolute atomic E-state index is 12.2. The van der Waals surface area contributed by atoms with Gasteiger partial charge in [-0.05, 0) is 60.8 Å². The van der Waals surface area contributed by atoms with Gasteiger partial charge in [0.1, 0.15) is 5.75 Å². The number of amides is 1. The summed E-state index contributed by atoms with van der Waals surface area (Å²) in [5, 5.41) is 11.9. The third-order valence-corrected chi connectivity index (χ3v) is 4.49. The van der Waals surface area contributed by atoms with E-state index < -0.39 is 0 Å². The number of carbonyl (C=O) groups excluding carboxylic acids is 1. The van der Waals surface area contributed by atoms with Gasteiger partial charge >= 0.3 is 0 Å². The lowest BCUT2D eigenvalue weighted by molar-refractivity contribution is -0.121. The predicted octanol–water partition coefficient (Wildman–Crippen LogP) is 2.64. The zero-order chi connectivity index (χ0) is 15.9. The third-order valence-electron chi connectivity index (χ3n) is 4.49. The van der Waals surface area contributed by atoms with Crippen LogP contribution in [0.3, 0.4) is 0 Å². The normalized spacial score (nSPS) is 18.4. The van der Waals surface area contributed by atoms with Crippen LogP contribution >= 0.6 is 0 Å². The maximum Gasteiger partial charge on any atom is 0.220 e. The number of aryl methyl sites for hydroxylation is 1. The average molecular weight is 305 g/mol. The van der Waals surface area contributed by atoms with Gasteiger partial charge in [0.25, 0.3) is 0 Å². The van der Waals surface area contributed by atoms with Crippen molar-refractivity contribution in [2.45, 2.75) is 44.9 Å². The van der Waals surface area contributed by atoms with Crippen molar-refractivity contribution in [1.29, 1.82) is 0 Å². The van der Waals surface area contributed by atoms with Gasteiger partial charge in [-0.15, -0.1) is 0 Å². The Balaban J connectivity index is 1.93. The number of nitrogens with one attached hydrogen (secondary N) is 1. The Kier molecular flexibility index (Phi) is 6.25. The van der Waals surface area contributed by atoms with Gasteiger partial charge in [-0.25, -0.2) is 0 Å². The van der Waals surface area contributed by atoms with Crippen LogP contribution in [0.5, 0.6) is 5.75 Å². The van der Waals surface area contributed by atoms with Gasteiger partial charge in [-0.1, -0.05) is 13.0 Å². The number of fused-ring (bicyclic) bond motifs is 1. The van der Waals surface area contributed by atoms with E-state index in [1.165, 1.54) is 11.1 Å². The van der Waals surface area contributed by atoms with Gasteiger partial charge in [0.2, 0.25) is 5.91 Å². The minimum atomic E-state index is 0.110. The molecule has 1 amide bonds. The van der Waals surface area contributed by atoms with Crippen molar-refractivity contribution in [3.8, 4) is 5.75 Å². The molecule has 0 fully saturated rings. The molecule has 0 saturated heterocycles. The Morgan fingerprint density at radius 1 is 1.50 bits per heavy atom. The summed E-state index contributed by atoms with van der Waals surface area (Å²) in [5.74, 6) is 1.62. The molecule has 0 radical (unpaired) electrons. The van der Waals surface area contributed by atoms with E-state index in [0.717, 1.165) is 31.4 Å². The highest BCUT2D eigenvalue weighted by molar-refractivity contribution is 5.77. The number of benzene rings is 1. The molecule has 4 heteroatoms. The first-order valence-corrected chi connectivity index (χ1v) is 8.18. The number of rotatable bonds is 7. The minimum absolute atomic E-state index is 0.110. The third kappa shape index (κ3) is 4.47. The Morgan fingerprint density at radius 2 is 2.32 bits per heavy atom. The zero-order valence-electron chi connectivity index (χ0n) is 13.6. The lowest BCUT2D eigenvalue weighted by atomic mass is 9.81. The van der Waals surface area contributed by atoms with Crippen molar-refractivity contribution < 1.29 is 14.6 Å². The standard InChI is InChI=1S/C18H27NO3/c1-13(8-9-20)12-19-18(21)11-15-5-3-4-14-10-16(22-2)6-7-17(14)15/h6-7,10,13,15,20H,3-5,8-9,11-12H2,1-2H3,(H,19,21). The molecule has 122 valence electrons. The van der Waals surface area contributed by atoms with Crippen molar-refractivity contribution in [2.75, 3.05) is 20.3 Å². The lowest BCUT2D eigenvalue weighted by Gasteiger charge is -2.25. The molecule has 2 atom stereocenters. The molecule has 0 bridgehead atoms. The molecule has 0 saturated carbocycles. The molecule has 2 N–H and O–H groups in total. The Hall–Kier alpha value is -1.55. The minimum Gasteiger partial charge on any atom is -0.497 e. The van der Waals surface area contributed by atoms with Gasteiger partial charge in [0.05, 0.1) is 7.11 Å². The van der Waals surface area contributed by atoms with E-state index in [0.29, 0.717) is 24.8 Å². The van der Waals surface area contributed by atoms with Crippen molar-refractivity contribution in [3.05, 3.63) is 29.3 Å². The highest BCUT2D eigenvalue weighted by Crippen LogP contribution is 2.35. The maximum atomic E-state index is 12.2. The monoisotopic (exact) mass is 305 g/mol. The molecule has 0 aliphatic heterocycles. The van der Waals surface area contributed by atoms with Crippen LogP contribution in [-0.2, 0) is 11.2 Å². The van der Waals surface area contributed by atoms with E-state index in [2.05, 4.69) is 17.4 Å². The smallest absolute Gasteiger partial charge is 0.220 e. The van der Waals surface area contributed by atoms with Gasteiger partial charge in [-0.3, -0.25) is 4.79 Å². The molecule has 4 nitrogen and oxygen atoms in total. The fraction of sp³-hybridized carbons (Fsp3) is 0.611. The van der Waals surface area contributed by atoms with Crippen LogP contribution in [0.4, 0.5) is 0 Å². The van der Waals surface area contributed by atoms with Gasteiger partial charge in [0.15, 0.2) is 0 Å². The van der Waals surface area contributed by atoms with Crippen molar-refractivity contribution in [2.24, 2.45) is 5.92 Å².